The van der Waals surface area contributed by atoms with Crippen molar-refractivity contribution in [2.24, 2.45) is 0 Å². The summed E-state index contributed by atoms with van der Waals surface area (Å²) in [5, 5.41) is 20.9. The number of aliphatic carboxylic acids is 1. The molecule has 0 aliphatic rings. The molecule has 0 aromatic heterocycles. The summed E-state index contributed by atoms with van der Waals surface area (Å²) >= 11 is 5.94. The third-order valence-electron chi connectivity index (χ3n) is 2.50. The molecular weight excluding hydrogens is 298 g/mol. The molecular formula is C14H18ClNO5. The van der Waals surface area contributed by atoms with E-state index in [0.717, 1.165) is 0 Å². The Kier molecular flexibility index (Phi) is 5.57. The monoisotopic (exact) mass is 315 g/mol. The second-order valence-electron chi connectivity index (χ2n) is 5.44. The number of aliphatic hydroxyl groups is 1. The molecule has 0 heterocycles. The molecule has 0 unspecified atom stereocenters. The fourth-order valence-electron chi connectivity index (χ4n) is 1.62. The van der Waals surface area contributed by atoms with Crippen molar-refractivity contribution in [3.63, 3.8) is 0 Å². The first-order valence-corrected chi connectivity index (χ1v) is 6.65. The van der Waals surface area contributed by atoms with Gasteiger partial charge in [-0.05, 0) is 44.5 Å². The topological polar surface area (TPSA) is 95.9 Å². The van der Waals surface area contributed by atoms with Gasteiger partial charge in [0.25, 0.3) is 0 Å². The number of anilines is 1. The summed E-state index contributed by atoms with van der Waals surface area (Å²) in [7, 11) is 0. The summed E-state index contributed by atoms with van der Waals surface area (Å²) < 4.78 is 5.10. The quantitative estimate of drug-likeness (QED) is 0.794. The number of nitrogens with one attached hydrogen (secondary N) is 1. The van der Waals surface area contributed by atoms with Crippen LogP contribution in [0.15, 0.2) is 18.2 Å². The standard InChI is InChI=1S/C14H18ClNO5/c1-14(2,3)21-13(20)16-8-4-5-11(15)9(6-8)10(7-17)12(18)19/h4-6,10,17H,7H2,1-3H3,(H,16,20)(H,18,19)/t10-/m1/s1. The second-order valence-corrected chi connectivity index (χ2v) is 5.84. The number of hydrogen-bond donors (Lipinski definition) is 3. The first-order chi connectivity index (χ1) is 9.64. The number of hydrogen-bond acceptors (Lipinski definition) is 4. The highest BCUT2D eigenvalue weighted by Crippen LogP contribution is 2.28. The highest BCUT2D eigenvalue weighted by atomic mass is 35.5. The molecule has 6 nitrogen and oxygen atoms in total. The lowest BCUT2D eigenvalue weighted by molar-refractivity contribution is -0.139. The van der Waals surface area contributed by atoms with Gasteiger partial charge in [-0.2, -0.15) is 0 Å². The molecule has 7 heteroatoms. The van der Waals surface area contributed by atoms with Gasteiger partial charge in [0.05, 0.1) is 6.61 Å². The third kappa shape index (κ3) is 5.24. The fourth-order valence-corrected chi connectivity index (χ4v) is 1.87. The van der Waals surface area contributed by atoms with Crippen LogP contribution in [-0.2, 0) is 9.53 Å². The van der Waals surface area contributed by atoms with Crippen LogP contribution in [0.25, 0.3) is 0 Å². The van der Waals surface area contributed by atoms with Gasteiger partial charge in [-0.1, -0.05) is 11.6 Å². The summed E-state index contributed by atoms with van der Waals surface area (Å²) in [4.78, 5) is 22.7. The van der Waals surface area contributed by atoms with Crippen molar-refractivity contribution in [2.45, 2.75) is 32.3 Å². The van der Waals surface area contributed by atoms with Crippen molar-refractivity contribution in [2.75, 3.05) is 11.9 Å². The number of amides is 1. The van der Waals surface area contributed by atoms with Gasteiger partial charge in [-0.25, -0.2) is 4.79 Å². The van der Waals surface area contributed by atoms with Gasteiger partial charge in [0.15, 0.2) is 0 Å². The Labute approximate surface area is 127 Å². The van der Waals surface area contributed by atoms with E-state index in [1.807, 2.05) is 0 Å². The van der Waals surface area contributed by atoms with Gasteiger partial charge in [-0.15, -0.1) is 0 Å². The van der Waals surface area contributed by atoms with E-state index in [2.05, 4.69) is 5.32 Å². The molecule has 0 bridgehead atoms. The molecule has 0 aliphatic carbocycles. The Bertz CT molecular complexity index is 539. The zero-order chi connectivity index (χ0) is 16.2. The molecule has 1 aromatic carbocycles. The van der Waals surface area contributed by atoms with Gasteiger partial charge in [-0.3, -0.25) is 10.1 Å². The van der Waals surface area contributed by atoms with Crippen LogP contribution in [0.2, 0.25) is 5.02 Å². The van der Waals surface area contributed by atoms with Crippen molar-refractivity contribution in [3.8, 4) is 0 Å². The minimum absolute atomic E-state index is 0.200. The van der Waals surface area contributed by atoms with Crippen LogP contribution in [-0.4, -0.2) is 34.5 Å². The van der Waals surface area contributed by atoms with Crippen molar-refractivity contribution in [1.29, 1.82) is 0 Å². The van der Waals surface area contributed by atoms with E-state index >= 15 is 0 Å². The van der Waals surface area contributed by atoms with Crippen LogP contribution in [0.5, 0.6) is 0 Å². The zero-order valence-electron chi connectivity index (χ0n) is 12.0. The molecule has 1 atom stereocenters. The minimum atomic E-state index is -1.20. The Morgan fingerprint density at radius 1 is 1.38 bits per heavy atom. The number of benzene rings is 1. The van der Waals surface area contributed by atoms with Crippen LogP contribution in [0.1, 0.15) is 32.3 Å². The molecule has 0 spiro atoms. The average Bonchev–Trinajstić information content (AvgIpc) is 2.31. The molecule has 0 radical (unpaired) electrons. The van der Waals surface area contributed by atoms with E-state index in [4.69, 9.17) is 26.6 Å². The van der Waals surface area contributed by atoms with Crippen molar-refractivity contribution < 1.29 is 24.5 Å². The molecule has 1 rings (SSSR count). The number of ether oxygens (including phenoxy) is 1. The van der Waals surface area contributed by atoms with Gasteiger partial charge in [0.2, 0.25) is 0 Å². The Hall–Kier alpha value is -1.79. The van der Waals surface area contributed by atoms with E-state index in [0.29, 0.717) is 5.69 Å². The molecule has 3 N–H and O–H groups in total. The first-order valence-electron chi connectivity index (χ1n) is 6.27. The van der Waals surface area contributed by atoms with Gasteiger partial charge in [0.1, 0.15) is 11.5 Å². The van der Waals surface area contributed by atoms with Crippen LogP contribution in [0, 0.1) is 0 Å². The fraction of sp³-hybridized carbons (Fsp3) is 0.429. The molecule has 21 heavy (non-hydrogen) atoms. The number of carbonyl (C=O) groups is 2. The number of halogens is 1. The maximum atomic E-state index is 11.7. The Morgan fingerprint density at radius 2 is 2.00 bits per heavy atom. The number of rotatable bonds is 4. The number of carbonyl (C=O) groups excluding carboxylic acids is 1. The second kappa shape index (κ2) is 6.78. The van der Waals surface area contributed by atoms with Crippen molar-refractivity contribution in [3.05, 3.63) is 28.8 Å². The smallest absolute Gasteiger partial charge is 0.412 e. The lowest BCUT2D eigenvalue weighted by Gasteiger charge is -2.20. The lowest BCUT2D eigenvalue weighted by Crippen LogP contribution is -2.27. The van der Waals surface area contributed by atoms with E-state index in [-0.39, 0.29) is 10.6 Å². The largest absolute Gasteiger partial charge is 0.481 e. The SMILES string of the molecule is CC(C)(C)OC(=O)Nc1ccc(Cl)c([C@@H](CO)C(=O)O)c1. The number of aliphatic hydroxyl groups excluding tert-OH is 1. The molecule has 1 amide bonds. The summed E-state index contributed by atoms with van der Waals surface area (Å²) in [6, 6.07) is 4.38. The summed E-state index contributed by atoms with van der Waals surface area (Å²) in [5.41, 5.74) is -0.0859. The Balaban J connectivity index is 2.96. The van der Waals surface area contributed by atoms with Gasteiger partial charge < -0.3 is 14.9 Å². The normalized spacial score (nSPS) is 12.6. The summed E-state index contributed by atoms with van der Waals surface area (Å²) in [6.07, 6.45) is -0.661. The molecule has 0 saturated carbocycles. The summed E-state index contributed by atoms with van der Waals surface area (Å²) in [5.74, 6) is -2.35. The van der Waals surface area contributed by atoms with E-state index in [9.17, 15) is 9.59 Å². The maximum Gasteiger partial charge on any atom is 0.412 e. The predicted molar refractivity (Wildman–Crippen MR) is 78.8 cm³/mol. The van der Waals surface area contributed by atoms with E-state index in [1.54, 1.807) is 20.8 Å². The molecule has 0 fully saturated rings. The molecule has 0 saturated heterocycles. The molecule has 0 aliphatic heterocycles. The van der Waals surface area contributed by atoms with E-state index < -0.39 is 30.2 Å². The predicted octanol–water partition coefficient (Wildman–Crippen LogP) is 2.85. The number of carboxylic acid groups (broad SMARTS) is 1. The highest BCUT2D eigenvalue weighted by molar-refractivity contribution is 6.31. The zero-order valence-corrected chi connectivity index (χ0v) is 12.8. The van der Waals surface area contributed by atoms with Crippen LogP contribution in [0.4, 0.5) is 10.5 Å². The maximum absolute atomic E-state index is 11.7. The molecule has 1 aromatic rings. The highest BCUT2D eigenvalue weighted by Gasteiger charge is 2.22. The minimum Gasteiger partial charge on any atom is -0.481 e. The van der Waals surface area contributed by atoms with Gasteiger partial charge in [0, 0.05) is 10.7 Å². The van der Waals surface area contributed by atoms with E-state index in [1.165, 1.54) is 18.2 Å². The van der Waals surface area contributed by atoms with Crippen LogP contribution < -0.4 is 5.32 Å². The van der Waals surface area contributed by atoms with Crippen molar-refractivity contribution >= 4 is 29.4 Å². The van der Waals surface area contributed by atoms with Crippen LogP contribution in [0.3, 0.4) is 0 Å². The van der Waals surface area contributed by atoms with Crippen LogP contribution >= 0.6 is 11.6 Å². The lowest BCUT2D eigenvalue weighted by atomic mass is 9.99. The van der Waals surface area contributed by atoms with Gasteiger partial charge >= 0.3 is 12.1 Å². The number of carboxylic acids is 1. The van der Waals surface area contributed by atoms with Crippen molar-refractivity contribution in [1.82, 2.24) is 0 Å². The molecule has 116 valence electrons. The average molecular weight is 316 g/mol. The first kappa shape index (κ1) is 17.3. The third-order valence-corrected chi connectivity index (χ3v) is 2.84. The Morgan fingerprint density at radius 3 is 2.48 bits per heavy atom. The summed E-state index contributed by atoms with van der Waals surface area (Å²) in [6.45, 7) is 4.59.